The molecule has 3 aliphatic rings. The van der Waals surface area contributed by atoms with Crippen LogP contribution in [0.25, 0.3) is 0 Å². The predicted octanol–water partition coefficient (Wildman–Crippen LogP) is 0.773. The van der Waals surface area contributed by atoms with Gasteiger partial charge < -0.3 is 10.2 Å². The Morgan fingerprint density at radius 1 is 1.27 bits per heavy atom. The minimum absolute atomic E-state index is 0.252. The highest BCUT2D eigenvalue weighted by Gasteiger charge is 2.36. The summed E-state index contributed by atoms with van der Waals surface area (Å²) in [5.41, 5.74) is 0. The van der Waals surface area contributed by atoms with Gasteiger partial charge in [0.05, 0.1) is 0 Å². The summed E-state index contributed by atoms with van der Waals surface area (Å²) in [5, 5.41) is 3.48. The van der Waals surface area contributed by atoms with Crippen molar-refractivity contribution >= 4 is 5.91 Å². The summed E-state index contributed by atoms with van der Waals surface area (Å²) in [4.78, 5) is 14.3. The Morgan fingerprint density at radius 3 is 2.80 bits per heavy atom. The summed E-state index contributed by atoms with van der Waals surface area (Å²) < 4.78 is 0. The van der Waals surface area contributed by atoms with Gasteiger partial charge in [-0.1, -0.05) is 12.2 Å². The lowest BCUT2D eigenvalue weighted by Crippen LogP contribution is -2.46. The van der Waals surface area contributed by atoms with E-state index in [9.17, 15) is 4.79 Å². The van der Waals surface area contributed by atoms with E-state index in [1.54, 1.807) is 0 Å². The Hall–Kier alpha value is -0.830. The fourth-order valence-electron chi connectivity index (χ4n) is 3.09. The van der Waals surface area contributed by atoms with Crippen molar-refractivity contribution in [3.05, 3.63) is 12.2 Å². The molecule has 2 atom stereocenters. The largest absolute Gasteiger partial charge is 0.341 e. The summed E-state index contributed by atoms with van der Waals surface area (Å²) in [6.07, 6.45) is 7.46. The molecule has 2 heterocycles. The van der Waals surface area contributed by atoms with Crippen LogP contribution in [-0.4, -0.2) is 36.5 Å². The molecule has 2 fully saturated rings. The van der Waals surface area contributed by atoms with Gasteiger partial charge in [-0.15, -0.1) is 0 Å². The average molecular weight is 206 g/mol. The van der Waals surface area contributed by atoms with Crippen molar-refractivity contribution < 1.29 is 4.79 Å². The van der Waals surface area contributed by atoms with Crippen molar-refractivity contribution in [1.82, 2.24) is 10.2 Å². The number of nitrogens with one attached hydrogen (secondary N) is 1. The van der Waals surface area contributed by atoms with Gasteiger partial charge in [0.15, 0.2) is 0 Å². The number of carbonyl (C=O) groups excluding carboxylic acids is 1. The van der Waals surface area contributed by atoms with Gasteiger partial charge in [0, 0.05) is 31.6 Å². The molecule has 0 aromatic rings. The molecular formula is C12H18N2O. The minimum Gasteiger partial charge on any atom is -0.341 e. The number of nitrogens with zero attached hydrogens (tertiary/aromatic N) is 1. The Morgan fingerprint density at radius 2 is 2.07 bits per heavy atom. The molecule has 0 aromatic carbocycles. The first-order valence-electron chi connectivity index (χ1n) is 6.00. The van der Waals surface area contributed by atoms with Gasteiger partial charge in [0.2, 0.25) is 5.91 Å². The van der Waals surface area contributed by atoms with E-state index >= 15 is 0 Å². The highest BCUT2D eigenvalue weighted by atomic mass is 16.2. The second-order valence-electron chi connectivity index (χ2n) is 5.09. The first-order valence-corrected chi connectivity index (χ1v) is 6.00. The standard InChI is InChI=1S/C12H18N2O/c15-12(10-3-1-2-4-10)14-7-9-5-11(8-14)13-6-9/h1-2,9-11,13H,3-8H2/t9-,11-/m0/s1. The van der Waals surface area contributed by atoms with Gasteiger partial charge >= 0.3 is 0 Å². The van der Waals surface area contributed by atoms with Crippen LogP contribution in [0.1, 0.15) is 19.3 Å². The minimum atomic E-state index is 0.252. The number of hydrogen-bond donors (Lipinski definition) is 1. The zero-order valence-corrected chi connectivity index (χ0v) is 8.98. The number of likely N-dealkylation sites (tertiary alicyclic amines) is 1. The number of fused-ring (bicyclic) bond motifs is 2. The predicted molar refractivity (Wildman–Crippen MR) is 58.3 cm³/mol. The molecule has 2 bridgehead atoms. The van der Waals surface area contributed by atoms with Gasteiger partial charge in [-0.25, -0.2) is 0 Å². The molecule has 1 N–H and O–H groups in total. The summed E-state index contributed by atoms with van der Waals surface area (Å²) in [7, 11) is 0. The lowest BCUT2D eigenvalue weighted by atomic mass is 9.97. The van der Waals surface area contributed by atoms with Crippen LogP contribution in [-0.2, 0) is 4.79 Å². The van der Waals surface area contributed by atoms with E-state index in [4.69, 9.17) is 0 Å². The lowest BCUT2D eigenvalue weighted by Gasteiger charge is -2.33. The Balaban J connectivity index is 1.64. The zero-order chi connectivity index (χ0) is 10.3. The lowest BCUT2D eigenvalue weighted by molar-refractivity contribution is -0.136. The van der Waals surface area contributed by atoms with Gasteiger partial charge in [0.25, 0.3) is 0 Å². The van der Waals surface area contributed by atoms with E-state index in [1.165, 1.54) is 6.42 Å². The quantitative estimate of drug-likeness (QED) is 0.643. The molecule has 0 radical (unpaired) electrons. The topological polar surface area (TPSA) is 32.3 Å². The van der Waals surface area contributed by atoms with Gasteiger partial charge in [-0.05, 0) is 25.2 Å². The number of carbonyl (C=O) groups is 1. The van der Waals surface area contributed by atoms with Crippen LogP contribution in [0.15, 0.2) is 12.2 Å². The molecule has 2 aliphatic heterocycles. The third-order valence-electron chi connectivity index (χ3n) is 3.90. The molecule has 15 heavy (non-hydrogen) atoms. The maximum absolute atomic E-state index is 12.2. The van der Waals surface area contributed by atoms with Crippen molar-refractivity contribution in [2.45, 2.75) is 25.3 Å². The second-order valence-corrected chi connectivity index (χ2v) is 5.09. The van der Waals surface area contributed by atoms with Crippen LogP contribution in [0.2, 0.25) is 0 Å². The van der Waals surface area contributed by atoms with Crippen LogP contribution >= 0.6 is 0 Å². The Labute approximate surface area is 90.5 Å². The maximum Gasteiger partial charge on any atom is 0.226 e. The van der Waals surface area contributed by atoms with E-state index in [0.29, 0.717) is 17.9 Å². The van der Waals surface area contributed by atoms with Crippen molar-refractivity contribution in [2.75, 3.05) is 19.6 Å². The second kappa shape index (κ2) is 3.63. The number of hydrogen-bond acceptors (Lipinski definition) is 2. The zero-order valence-electron chi connectivity index (χ0n) is 8.98. The molecule has 0 unspecified atom stereocenters. The van der Waals surface area contributed by atoms with E-state index < -0.39 is 0 Å². The molecule has 3 rings (SSSR count). The van der Waals surface area contributed by atoms with E-state index in [2.05, 4.69) is 22.4 Å². The molecule has 1 amide bonds. The summed E-state index contributed by atoms with van der Waals surface area (Å²) in [6, 6.07) is 0.571. The average Bonchev–Trinajstić information content (AvgIpc) is 2.87. The van der Waals surface area contributed by atoms with Crippen molar-refractivity contribution in [3.8, 4) is 0 Å². The third kappa shape index (κ3) is 1.69. The third-order valence-corrected chi connectivity index (χ3v) is 3.90. The number of rotatable bonds is 1. The summed E-state index contributed by atoms with van der Waals surface area (Å²) >= 11 is 0. The van der Waals surface area contributed by atoms with Crippen LogP contribution in [0, 0.1) is 11.8 Å². The van der Waals surface area contributed by atoms with Crippen LogP contribution in [0.5, 0.6) is 0 Å². The summed E-state index contributed by atoms with van der Waals surface area (Å²) in [6.45, 7) is 3.03. The van der Waals surface area contributed by atoms with Crippen molar-refractivity contribution in [2.24, 2.45) is 11.8 Å². The van der Waals surface area contributed by atoms with Gasteiger partial charge in [-0.2, -0.15) is 0 Å². The molecule has 0 spiro atoms. The monoisotopic (exact) mass is 206 g/mol. The SMILES string of the molecule is O=C(C1CC=CC1)N1C[C@@H]2CN[C@@H](C2)C1. The van der Waals surface area contributed by atoms with Crippen molar-refractivity contribution in [3.63, 3.8) is 0 Å². The van der Waals surface area contributed by atoms with E-state index in [0.717, 1.165) is 32.5 Å². The molecule has 3 nitrogen and oxygen atoms in total. The molecule has 1 aliphatic carbocycles. The van der Waals surface area contributed by atoms with Crippen LogP contribution in [0.3, 0.4) is 0 Å². The van der Waals surface area contributed by atoms with Crippen LogP contribution in [0.4, 0.5) is 0 Å². The summed E-state index contributed by atoms with van der Waals surface area (Å²) in [5.74, 6) is 1.35. The molecular weight excluding hydrogens is 188 g/mol. The number of allylic oxidation sites excluding steroid dienone is 2. The Kier molecular flexibility index (Phi) is 2.28. The molecule has 3 heteroatoms. The van der Waals surface area contributed by atoms with E-state index in [1.807, 2.05) is 0 Å². The highest BCUT2D eigenvalue weighted by molar-refractivity contribution is 5.79. The molecule has 2 saturated heterocycles. The smallest absolute Gasteiger partial charge is 0.226 e. The van der Waals surface area contributed by atoms with Gasteiger partial charge in [0.1, 0.15) is 0 Å². The molecule has 82 valence electrons. The van der Waals surface area contributed by atoms with E-state index in [-0.39, 0.29) is 5.92 Å². The fourth-order valence-corrected chi connectivity index (χ4v) is 3.09. The fraction of sp³-hybridized carbons (Fsp3) is 0.750. The number of piperidine rings is 1. The first-order chi connectivity index (χ1) is 7.33. The maximum atomic E-state index is 12.2. The first kappa shape index (κ1) is 9.40. The number of amides is 1. The Bertz CT molecular complexity index is 280. The van der Waals surface area contributed by atoms with Crippen LogP contribution < -0.4 is 5.32 Å². The molecule has 0 aromatic heterocycles. The highest BCUT2D eigenvalue weighted by Crippen LogP contribution is 2.26. The van der Waals surface area contributed by atoms with Gasteiger partial charge in [-0.3, -0.25) is 4.79 Å². The van der Waals surface area contributed by atoms with Crippen molar-refractivity contribution in [1.29, 1.82) is 0 Å². The molecule has 0 saturated carbocycles. The normalized spacial score (nSPS) is 35.1.